The lowest BCUT2D eigenvalue weighted by Gasteiger charge is -2.32. The highest BCUT2D eigenvalue weighted by Gasteiger charge is 2.48. The molecule has 2 nitrogen and oxygen atoms in total. The largest absolute Gasteiger partial charge is 0.478 e. The first-order valence-corrected chi connectivity index (χ1v) is 11.7. The lowest BCUT2D eigenvalue weighted by molar-refractivity contribution is 0.0697. The quantitative estimate of drug-likeness (QED) is 0.367. The minimum absolute atomic E-state index is 0.138. The monoisotopic (exact) mass is 418 g/mol. The molecule has 31 heavy (non-hydrogen) atoms. The molecule has 1 aliphatic rings. The Morgan fingerprint density at radius 1 is 1.00 bits per heavy atom. The summed E-state index contributed by atoms with van der Waals surface area (Å²) in [6.07, 6.45) is 6.97. The van der Waals surface area contributed by atoms with Gasteiger partial charge >= 0.3 is 5.97 Å². The van der Waals surface area contributed by atoms with Crippen LogP contribution in [0.4, 0.5) is 0 Å². The van der Waals surface area contributed by atoms with Crippen molar-refractivity contribution in [3.63, 3.8) is 0 Å². The lowest BCUT2D eigenvalue weighted by Crippen LogP contribution is -2.30. The van der Waals surface area contributed by atoms with Crippen LogP contribution < -0.4 is 0 Å². The van der Waals surface area contributed by atoms with Crippen molar-refractivity contribution in [1.29, 1.82) is 0 Å². The highest BCUT2D eigenvalue weighted by Crippen LogP contribution is 2.54. The van der Waals surface area contributed by atoms with Gasteiger partial charge in [0.05, 0.1) is 5.56 Å². The summed E-state index contributed by atoms with van der Waals surface area (Å²) in [5, 5.41) is 9.16. The molecule has 0 bridgehead atoms. The van der Waals surface area contributed by atoms with E-state index in [4.69, 9.17) is 5.11 Å². The van der Waals surface area contributed by atoms with Crippen LogP contribution in [-0.2, 0) is 17.3 Å². The standard InChI is InChI=1S/C29H38O2/c1-8-9-10-11-23-17-25-26(29(6,7)20(3)28(25,4)5)18-24(23)19(2)16-21-12-14-22(15-13-21)27(30)31/h12-18,20H,8-11H2,1-7H3,(H,30,31)/b19-16+. The van der Waals surface area contributed by atoms with Crippen molar-refractivity contribution >= 4 is 17.6 Å². The van der Waals surface area contributed by atoms with Crippen molar-refractivity contribution in [2.75, 3.05) is 0 Å². The van der Waals surface area contributed by atoms with Gasteiger partial charge in [-0.15, -0.1) is 0 Å². The zero-order valence-electron chi connectivity index (χ0n) is 20.3. The SMILES string of the molecule is CCCCCc1cc2c(cc1/C(C)=C/c1ccc(C(=O)O)cc1)C(C)(C)C(C)C2(C)C. The first-order valence-electron chi connectivity index (χ1n) is 11.7. The number of benzene rings is 2. The van der Waals surface area contributed by atoms with Gasteiger partial charge in [-0.1, -0.05) is 84.7 Å². The van der Waals surface area contributed by atoms with Gasteiger partial charge in [0, 0.05) is 0 Å². The second kappa shape index (κ2) is 8.65. The number of carboxylic acid groups (broad SMARTS) is 1. The van der Waals surface area contributed by atoms with Crippen molar-refractivity contribution in [2.45, 2.75) is 85.0 Å². The van der Waals surface area contributed by atoms with Crippen LogP contribution in [0.2, 0.25) is 0 Å². The zero-order chi connectivity index (χ0) is 23.0. The minimum Gasteiger partial charge on any atom is -0.478 e. The summed E-state index contributed by atoms with van der Waals surface area (Å²) in [4.78, 5) is 11.2. The van der Waals surface area contributed by atoms with E-state index < -0.39 is 5.97 Å². The summed E-state index contributed by atoms with van der Waals surface area (Å²) in [5.41, 5.74) is 8.69. The van der Waals surface area contributed by atoms with E-state index in [1.54, 1.807) is 12.1 Å². The summed E-state index contributed by atoms with van der Waals surface area (Å²) in [6, 6.07) is 12.1. The molecule has 0 aromatic heterocycles. The van der Waals surface area contributed by atoms with Gasteiger partial charge in [-0.2, -0.15) is 0 Å². The predicted molar refractivity (Wildman–Crippen MR) is 132 cm³/mol. The molecule has 0 fully saturated rings. The van der Waals surface area contributed by atoms with E-state index in [-0.39, 0.29) is 10.8 Å². The maximum absolute atomic E-state index is 11.2. The Labute approximate surface area is 188 Å². The molecule has 0 aliphatic heterocycles. The number of aromatic carboxylic acids is 1. The van der Waals surface area contributed by atoms with Crippen LogP contribution in [0.15, 0.2) is 36.4 Å². The van der Waals surface area contributed by atoms with Gasteiger partial charge in [0.2, 0.25) is 0 Å². The highest BCUT2D eigenvalue weighted by molar-refractivity contribution is 5.88. The molecule has 2 heteroatoms. The Morgan fingerprint density at radius 3 is 2.13 bits per heavy atom. The maximum atomic E-state index is 11.2. The van der Waals surface area contributed by atoms with Crippen molar-refractivity contribution in [3.05, 3.63) is 69.8 Å². The van der Waals surface area contributed by atoms with Gasteiger partial charge in [0.1, 0.15) is 0 Å². The van der Waals surface area contributed by atoms with Crippen LogP contribution in [0, 0.1) is 5.92 Å². The molecule has 1 atom stereocenters. The van der Waals surface area contributed by atoms with Gasteiger partial charge in [-0.25, -0.2) is 4.79 Å². The maximum Gasteiger partial charge on any atom is 0.335 e. The molecule has 2 aromatic carbocycles. The van der Waals surface area contributed by atoms with Gasteiger partial charge in [-0.3, -0.25) is 0 Å². The number of aryl methyl sites for hydroxylation is 1. The third-order valence-corrected chi connectivity index (χ3v) is 7.81. The van der Waals surface area contributed by atoms with E-state index in [1.165, 1.54) is 47.1 Å². The normalized spacial score (nSPS) is 19.3. The molecular weight excluding hydrogens is 380 g/mol. The molecule has 3 rings (SSSR count). The van der Waals surface area contributed by atoms with Gasteiger partial charge < -0.3 is 5.11 Å². The molecule has 2 aromatic rings. The average Bonchev–Trinajstić information content (AvgIpc) is 2.85. The van der Waals surface area contributed by atoms with Gasteiger partial charge in [0.15, 0.2) is 0 Å². The lowest BCUT2D eigenvalue weighted by atomic mass is 9.71. The van der Waals surface area contributed by atoms with E-state index in [0.29, 0.717) is 11.5 Å². The fourth-order valence-electron chi connectivity index (χ4n) is 5.27. The van der Waals surface area contributed by atoms with Crippen LogP contribution in [0.25, 0.3) is 11.6 Å². The van der Waals surface area contributed by atoms with E-state index in [1.807, 2.05) is 12.1 Å². The van der Waals surface area contributed by atoms with E-state index in [9.17, 15) is 4.79 Å². The van der Waals surface area contributed by atoms with E-state index >= 15 is 0 Å². The van der Waals surface area contributed by atoms with Gasteiger partial charge in [0.25, 0.3) is 0 Å². The number of allylic oxidation sites excluding steroid dienone is 1. The number of hydrogen-bond donors (Lipinski definition) is 1. The van der Waals surface area contributed by atoms with Crippen LogP contribution in [0.1, 0.15) is 106 Å². The van der Waals surface area contributed by atoms with E-state index in [0.717, 1.165) is 12.0 Å². The molecule has 1 aliphatic carbocycles. The first kappa shape index (κ1) is 23.3. The van der Waals surface area contributed by atoms with Crippen molar-refractivity contribution < 1.29 is 9.90 Å². The summed E-state index contributed by atoms with van der Waals surface area (Å²) < 4.78 is 0. The molecule has 0 heterocycles. The Bertz CT molecular complexity index is 990. The molecule has 0 amide bonds. The Balaban J connectivity index is 2.09. The van der Waals surface area contributed by atoms with Crippen LogP contribution >= 0.6 is 0 Å². The fraction of sp³-hybridized carbons (Fsp3) is 0.483. The Morgan fingerprint density at radius 2 is 1.58 bits per heavy atom. The molecule has 0 spiro atoms. The number of carboxylic acids is 1. The molecule has 1 N–H and O–H groups in total. The topological polar surface area (TPSA) is 37.3 Å². The van der Waals surface area contributed by atoms with Crippen molar-refractivity contribution in [3.8, 4) is 0 Å². The molecular formula is C29H38O2. The average molecular weight is 419 g/mol. The van der Waals surface area contributed by atoms with Crippen LogP contribution in [0.3, 0.4) is 0 Å². The minimum atomic E-state index is -0.886. The molecule has 166 valence electrons. The fourth-order valence-corrected chi connectivity index (χ4v) is 5.27. The molecule has 0 saturated carbocycles. The van der Waals surface area contributed by atoms with Crippen molar-refractivity contribution in [2.24, 2.45) is 5.92 Å². The smallest absolute Gasteiger partial charge is 0.335 e. The second-order valence-electron chi connectivity index (χ2n) is 10.4. The molecule has 0 radical (unpaired) electrons. The second-order valence-corrected chi connectivity index (χ2v) is 10.4. The molecule has 1 unspecified atom stereocenters. The summed E-state index contributed by atoms with van der Waals surface area (Å²) in [6.45, 7) is 16.4. The third kappa shape index (κ3) is 4.35. The zero-order valence-corrected chi connectivity index (χ0v) is 20.3. The van der Waals surface area contributed by atoms with Crippen LogP contribution in [-0.4, -0.2) is 11.1 Å². The summed E-state index contributed by atoms with van der Waals surface area (Å²) in [7, 11) is 0. The number of unbranched alkanes of at least 4 members (excludes halogenated alkanes) is 2. The van der Waals surface area contributed by atoms with E-state index in [2.05, 4.69) is 66.7 Å². The van der Waals surface area contributed by atoms with Crippen LogP contribution in [0.5, 0.6) is 0 Å². The predicted octanol–water partition coefficient (Wildman–Crippen LogP) is 7.88. The number of carbonyl (C=O) groups is 1. The summed E-state index contributed by atoms with van der Waals surface area (Å²) in [5.74, 6) is -0.315. The van der Waals surface area contributed by atoms with Gasteiger partial charge in [-0.05, 0) is 82.0 Å². The Hall–Kier alpha value is -2.35. The molecule has 0 saturated heterocycles. The summed E-state index contributed by atoms with van der Waals surface area (Å²) >= 11 is 0. The first-order chi connectivity index (χ1) is 14.5. The van der Waals surface area contributed by atoms with Crippen molar-refractivity contribution in [1.82, 2.24) is 0 Å². The number of hydrogen-bond acceptors (Lipinski definition) is 1. The Kier molecular flexibility index (Phi) is 6.51. The third-order valence-electron chi connectivity index (χ3n) is 7.81. The number of fused-ring (bicyclic) bond motifs is 1. The highest BCUT2D eigenvalue weighted by atomic mass is 16.4. The number of rotatable bonds is 7.